The lowest BCUT2D eigenvalue weighted by molar-refractivity contribution is -0.152. The van der Waals surface area contributed by atoms with E-state index in [9.17, 15) is 9.59 Å². The Hall–Kier alpha value is -1.94. The van der Waals surface area contributed by atoms with Crippen molar-refractivity contribution in [3.63, 3.8) is 0 Å². The zero-order chi connectivity index (χ0) is 11.5. The molecule has 88 valence electrons. The van der Waals surface area contributed by atoms with Gasteiger partial charge in [-0.25, -0.2) is 9.59 Å². The van der Waals surface area contributed by atoms with E-state index in [0.29, 0.717) is 0 Å². The van der Waals surface area contributed by atoms with Crippen LogP contribution in [0, 0.1) is 0 Å². The van der Waals surface area contributed by atoms with Crippen molar-refractivity contribution in [3.05, 3.63) is 48.6 Å². The second-order valence-electron chi connectivity index (χ2n) is 2.51. The first-order valence-corrected chi connectivity index (χ1v) is 4.55. The zero-order valence-electron chi connectivity index (χ0n) is 9.34. The molecule has 0 unspecified atom stereocenters. The average molecular weight is 224 g/mol. The van der Waals surface area contributed by atoms with Crippen molar-refractivity contribution in [2.75, 3.05) is 0 Å². The lowest BCUT2D eigenvalue weighted by Gasteiger charge is -1.92. The summed E-state index contributed by atoms with van der Waals surface area (Å²) in [5.41, 5.74) is 0. The molecule has 16 heavy (non-hydrogen) atoms. The van der Waals surface area contributed by atoms with Gasteiger partial charge in [0.05, 0.1) is 0 Å². The Morgan fingerprint density at radius 1 is 0.812 bits per heavy atom. The summed E-state index contributed by atoms with van der Waals surface area (Å²) in [6, 6.07) is 0. The second kappa shape index (κ2) is 11.1. The first-order chi connectivity index (χ1) is 7.20. The van der Waals surface area contributed by atoms with E-state index in [1.165, 1.54) is 24.3 Å². The van der Waals surface area contributed by atoms with E-state index >= 15 is 0 Å². The van der Waals surface area contributed by atoms with Gasteiger partial charge in [-0.3, -0.25) is 0 Å². The summed E-state index contributed by atoms with van der Waals surface area (Å²) >= 11 is 0. The minimum Gasteiger partial charge on any atom is -0.412 e. The minimum atomic E-state index is -0.678. The fourth-order valence-corrected chi connectivity index (χ4v) is 0.658. The number of hydrogen-bond acceptors (Lipinski definition) is 3. The number of esters is 2. The van der Waals surface area contributed by atoms with Crippen molar-refractivity contribution in [1.29, 1.82) is 0 Å². The summed E-state index contributed by atoms with van der Waals surface area (Å²) < 4.78 is 4.42. The summed E-state index contributed by atoms with van der Waals surface area (Å²) in [6.07, 6.45) is 12.2. The molecular formula is C12H16O4. The summed E-state index contributed by atoms with van der Waals surface area (Å²) in [6.45, 7) is 3.64. The van der Waals surface area contributed by atoms with Gasteiger partial charge in [0.2, 0.25) is 0 Å². The van der Waals surface area contributed by atoms with Crippen molar-refractivity contribution >= 4 is 11.9 Å². The van der Waals surface area contributed by atoms with Gasteiger partial charge < -0.3 is 10.2 Å². The fourth-order valence-electron chi connectivity index (χ4n) is 0.658. The predicted molar refractivity (Wildman–Crippen MR) is 62.6 cm³/mol. The summed E-state index contributed by atoms with van der Waals surface area (Å²) in [7, 11) is 0. The van der Waals surface area contributed by atoms with Crippen molar-refractivity contribution in [1.82, 2.24) is 0 Å². The van der Waals surface area contributed by atoms with Crippen LogP contribution in [0.3, 0.4) is 0 Å². The number of carbonyl (C=O) groups excluding carboxylic acids is 2. The third kappa shape index (κ3) is 10.1. The van der Waals surface area contributed by atoms with Crippen LogP contribution in [0.15, 0.2) is 48.6 Å². The van der Waals surface area contributed by atoms with Gasteiger partial charge in [0.15, 0.2) is 0 Å². The van der Waals surface area contributed by atoms with Crippen LogP contribution in [0.1, 0.15) is 13.8 Å². The topological polar surface area (TPSA) is 74.9 Å². The van der Waals surface area contributed by atoms with Crippen LogP contribution in [0.2, 0.25) is 0 Å². The Labute approximate surface area is 94.9 Å². The van der Waals surface area contributed by atoms with Crippen molar-refractivity contribution in [2.45, 2.75) is 13.8 Å². The van der Waals surface area contributed by atoms with Crippen molar-refractivity contribution in [2.24, 2.45) is 0 Å². The number of allylic oxidation sites excluding steroid dienone is 6. The van der Waals surface area contributed by atoms with Crippen LogP contribution in [-0.2, 0) is 14.3 Å². The number of rotatable bonds is 4. The highest BCUT2D eigenvalue weighted by molar-refractivity contribution is 5.96. The van der Waals surface area contributed by atoms with Crippen LogP contribution in [-0.4, -0.2) is 17.4 Å². The van der Waals surface area contributed by atoms with Crippen LogP contribution in [0.5, 0.6) is 0 Å². The summed E-state index contributed by atoms with van der Waals surface area (Å²) in [5, 5.41) is 0. The molecular weight excluding hydrogens is 208 g/mol. The molecule has 0 rings (SSSR count). The molecule has 0 atom stereocenters. The number of ether oxygens (including phenoxy) is 1. The van der Waals surface area contributed by atoms with Gasteiger partial charge in [0.25, 0.3) is 0 Å². The van der Waals surface area contributed by atoms with Gasteiger partial charge in [-0.1, -0.05) is 36.5 Å². The molecule has 0 radical (unpaired) electrons. The van der Waals surface area contributed by atoms with Gasteiger partial charge in [-0.2, -0.15) is 0 Å². The van der Waals surface area contributed by atoms with Crippen LogP contribution >= 0.6 is 0 Å². The highest BCUT2D eigenvalue weighted by Gasteiger charge is 2.01. The molecule has 0 aromatic carbocycles. The minimum absolute atomic E-state index is 0. The van der Waals surface area contributed by atoms with E-state index in [1.807, 2.05) is 13.8 Å². The van der Waals surface area contributed by atoms with Gasteiger partial charge in [0.1, 0.15) is 0 Å². The highest BCUT2D eigenvalue weighted by Crippen LogP contribution is 1.87. The van der Waals surface area contributed by atoms with E-state index in [2.05, 4.69) is 4.74 Å². The molecule has 0 aliphatic rings. The lowest BCUT2D eigenvalue weighted by Crippen LogP contribution is -2.06. The first-order valence-electron chi connectivity index (χ1n) is 4.55. The van der Waals surface area contributed by atoms with E-state index < -0.39 is 11.9 Å². The lowest BCUT2D eigenvalue weighted by atomic mass is 10.4. The molecule has 0 amide bonds. The third-order valence-corrected chi connectivity index (χ3v) is 1.27. The molecule has 0 aliphatic carbocycles. The van der Waals surface area contributed by atoms with Crippen LogP contribution in [0.25, 0.3) is 0 Å². The average Bonchev–Trinajstić information content (AvgIpc) is 2.18. The summed E-state index contributed by atoms with van der Waals surface area (Å²) in [5.74, 6) is -1.36. The Morgan fingerprint density at radius 2 is 1.19 bits per heavy atom. The molecule has 0 spiro atoms. The maximum Gasteiger partial charge on any atom is 0.338 e. The first kappa shape index (κ1) is 16.5. The maximum absolute atomic E-state index is 10.9. The number of carbonyl (C=O) groups is 2. The quantitative estimate of drug-likeness (QED) is 0.314. The Morgan fingerprint density at radius 3 is 1.50 bits per heavy atom. The maximum atomic E-state index is 10.9. The standard InChI is InChI=1S/C12H14O3.H2O/c1-3-5-7-9-11(13)15-12(14)10-8-6-4-2;/h3-10H,1-2H3;1H2/b5-3+,6-4+,9-7+,10-8+;. The second-order valence-corrected chi connectivity index (χ2v) is 2.51. The largest absolute Gasteiger partial charge is 0.412 e. The van der Waals surface area contributed by atoms with E-state index in [1.54, 1.807) is 24.3 Å². The normalized spacial score (nSPS) is 11.4. The van der Waals surface area contributed by atoms with Gasteiger partial charge in [-0.05, 0) is 13.8 Å². The Kier molecular flexibility index (Phi) is 11.5. The molecule has 4 heteroatoms. The van der Waals surface area contributed by atoms with Crippen LogP contribution in [0.4, 0.5) is 0 Å². The van der Waals surface area contributed by atoms with Gasteiger partial charge in [0, 0.05) is 12.2 Å². The Balaban J connectivity index is 0. The molecule has 0 aliphatic heterocycles. The fraction of sp³-hybridized carbons (Fsp3) is 0.167. The zero-order valence-corrected chi connectivity index (χ0v) is 9.34. The van der Waals surface area contributed by atoms with Crippen molar-refractivity contribution in [3.8, 4) is 0 Å². The van der Waals surface area contributed by atoms with Crippen LogP contribution < -0.4 is 0 Å². The molecule has 0 fully saturated rings. The Bertz CT molecular complexity index is 290. The molecule has 0 bridgehead atoms. The molecule has 0 saturated carbocycles. The molecule has 2 N–H and O–H groups in total. The van der Waals surface area contributed by atoms with Crippen molar-refractivity contribution < 1.29 is 19.8 Å². The van der Waals surface area contributed by atoms with E-state index in [-0.39, 0.29) is 5.48 Å². The molecule has 4 nitrogen and oxygen atoms in total. The smallest absolute Gasteiger partial charge is 0.338 e. The molecule has 0 aromatic heterocycles. The van der Waals surface area contributed by atoms with Gasteiger partial charge >= 0.3 is 11.9 Å². The molecule has 0 saturated heterocycles. The predicted octanol–water partition coefficient (Wildman–Crippen LogP) is 1.50. The van der Waals surface area contributed by atoms with E-state index in [4.69, 9.17) is 0 Å². The summed E-state index contributed by atoms with van der Waals surface area (Å²) in [4.78, 5) is 21.9. The SMILES string of the molecule is C/C=C/C=C/C(=O)OC(=O)/C=C/C=C/C.O. The molecule has 0 heterocycles. The number of hydrogen-bond donors (Lipinski definition) is 0. The monoisotopic (exact) mass is 224 g/mol. The van der Waals surface area contributed by atoms with Gasteiger partial charge in [-0.15, -0.1) is 0 Å². The molecule has 0 aromatic rings. The third-order valence-electron chi connectivity index (χ3n) is 1.27. The van der Waals surface area contributed by atoms with E-state index in [0.717, 1.165) is 0 Å². The highest BCUT2D eigenvalue weighted by atomic mass is 16.6.